The minimum absolute atomic E-state index is 0.332. The van der Waals surface area contributed by atoms with Gasteiger partial charge in [-0.15, -0.1) is 0 Å². The van der Waals surface area contributed by atoms with Crippen molar-refractivity contribution in [3.8, 4) is 16.8 Å². The maximum atomic E-state index is 12.1. The van der Waals surface area contributed by atoms with E-state index in [1.54, 1.807) is 19.2 Å². The number of aromatic nitrogens is 1. The van der Waals surface area contributed by atoms with Gasteiger partial charge in [0.05, 0.1) is 17.2 Å². The van der Waals surface area contributed by atoms with Crippen LogP contribution >= 0.6 is 0 Å². The molecule has 3 aromatic rings. The first-order valence-electron chi connectivity index (χ1n) is 8.47. The highest BCUT2D eigenvalue weighted by molar-refractivity contribution is 7.90. The second kappa shape index (κ2) is 7.48. The van der Waals surface area contributed by atoms with Gasteiger partial charge < -0.3 is 9.30 Å². The third kappa shape index (κ3) is 3.74. The molecule has 1 heterocycles. The van der Waals surface area contributed by atoms with Crippen LogP contribution in [-0.2, 0) is 21.0 Å². The van der Waals surface area contributed by atoms with E-state index in [-0.39, 0.29) is 0 Å². The second-order valence-corrected chi connectivity index (χ2v) is 8.41. The summed E-state index contributed by atoms with van der Waals surface area (Å²) in [7, 11) is -1.59. The smallest absolute Gasteiger partial charge is 0.175 e. The van der Waals surface area contributed by atoms with E-state index >= 15 is 0 Å². The lowest BCUT2D eigenvalue weighted by molar-refractivity contribution is 0.202. The van der Waals surface area contributed by atoms with Gasteiger partial charge in [-0.25, -0.2) is 8.42 Å². The third-order valence-corrected chi connectivity index (χ3v) is 5.60. The molecular weight excluding hydrogens is 346 g/mol. The second-order valence-electron chi connectivity index (χ2n) is 6.39. The van der Waals surface area contributed by atoms with E-state index in [0.29, 0.717) is 11.5 Å². The standard InChI is InChI=1S/C21H23NO3S/c1-16-9-10-18(26(3,23)24)15-19(16)21-17(11-14-25-2)7-6-8-20(21)22-12-4-5-13-22/h4-10,12-13,15H,11,14H2,1-3H3. The Hall–Kier alpha value is -2.37. The monoisotopic (exact) mass is 369 g/mol. The quantitative estimate of drug-likeness (QED) is 0.659. The summed E-state index contributed by atoms with van der Waals surface area (Å²) in [6.07, 6.45) is 5.98. The van der Waals surface area contributed by atoms with E-state index in [4.69, 9.17) is 4.74 Å². The molecule has 4 nitrogen and oxygen atoms in total. The van der Waals surface area contributed by atoms with Crippen molar-refractivity contribution in [3.05, 3.63) is 72.1 Å². The van der Waals surface area contributed by atoms with Gasteiger partial charge in [0.25, 0.3) is 0 Å². The zero-order valence-corrected chi connectivity index (χ0v) is 16.1. The van der Waals surface area contributed by atoms with Crippen LogP contribution in [0.3, 0.4) is 0 Å². The molecule has 0 bridgehead atoms. The molecule has 0 unspecified atom stereocenters. The van der Waals surface area contributed by atoms with Gasteiger partial charge >= 0.3 is 0 Å². The predicted octanol–water partition coefficient (Wildman–Crippen LogP) is 4.05. The zero-order chi connectivity index (χ0) is 18.7. The van der Waals surface area contributed by atoms with Gasteiger partial charge in [-0.1, -0.05) is 18.2 Å². The topological polar surface area (TPSA) is 48.3 Å². The molecule has 2 aromatic carbocycles. The van der Waals surface area contributed by atoms with Crippen LogP contribution in [0.25, 0.3) is 16.8 Å². The molecule has 0 aliphatic heterocycles. The summed E-state index contributed by atoms with van der Waals surface area (Å²) in [5.41, 5.74) is 5.17. The van der Waals surface area contributed by atoms with Crippen LogP contribution in [0.5, 0.6) is 0 Å². The van der Waals surface area contributed by atoms with Crippen molar-refractivity contribution in [1.82, 2.24) is 4.57 Å². The van der Waals surface area contributed by atoms with Gasteiger partial charge in [-0.3, -0.25) is 0 Å². The summed E-state index contributed by atoms with van der Waals surface area (Å²) in [6.45, 7) is 2.61. The average Bonchev–Trinajstić information content (AvgIpc) is 3.13. The Bertz CT molecular complexity index is 1010. The van der Waals surface area contributed by atoms with Crippen LogP contribution in [-0.4, -0.2) is 33.0 Å². The molecule has 0 saturated carbocycles. The molecule has 0 N–H and O–H groups in total. The number of benzene rings is 2. The number of sulfone groups is 1. The molecule has 26 heavy (non-hydrogen) atoms. The lowest BCUT2D eigenvalue weighted by atomic mass is 9.93. The SMILES string of the molecule is COCCc1cccc(-n2cccc2)c1-c1cc(S(C)(=O)=O)ccc1C. The van der Waals surface area contributed by atoms with E-state index in [2.05, 4.69) is 16.7 Å². The lowest BCUT2D eigenvalue weighted by Crippen LogP contribution is -2.04. The van der Waals surface area contributed by atoms with Crippen LogP contribution in [0.2, 0.25) is 0 Å². The molecule has 0 fully saturated rings. The van der Waals surface area contributed by atoms with Crippen LogP contribution < -0.4 is 0 Å². The number of methoxy groups -OCH3 is 1. The summed E-state index contributed by atoms with van der Waals surface area (Å²) in [4.78, 5) is 0.332. The Morgan fingerprint density at radius 2 is 1.77 bits per heavy atom. The van der Waals surface area contributed by atoms with E-state index in [1.165, 1.54) is 6.26 Å². The Kier molecular flexibility index (Phi) is 5.30. The minimum atomic E-state index is -3.28. The number of rotatable bonds is 6. The Labute approximate surface area is 155 Å². The van der Waals surface area contributed by atoms with Gasteiger partial charge in [0.2, 0.25) is 0 Å². The van der Waals surface area contributed by atoms with Gasteiger partial charge in [-0.2, -0.15) is 0 Å². The number of ether oxygens (including phenoxy) is 1. The van der Waals surface area contributed by atoms with Crippen LogP contribution in [0.15, 0.2) is 65.8 Å². The zero-order valence-electron chi connectivity index (χ0n) is 15.3. The molecule has 1 aromatic heterocycles. The lowest BCUT2D eigenvalue weighted by Gasteiger charge is -2.18. The van der Waals surface area contributed by atoms with E-state index in [0.717, 1.165) is 34.4 Å². The highest BCUT2D eigenvalue weighted by Crippen LogP contribution is 2.34. The summed E-state index contributed by atoms with van der Waals surface area (Å²) >= 11 is 0. The van der Waals surface area contributed by atoms with Crippen molar-refractivity contribution >= 4 is 9.84 Å². The maximum Gasteiger partial charge on any atom is 0.175 e. The summed E-state index contributed by atoms with van der Waals surface area (Å²) in [5, 5.41) is 0. The maximum absolute atomic E-state index is 12.1. The fourth-order valence-corrected chi connectivity index (χ4v) is 3.78. The van der Waals surface area contributed by atoms with Crippen molar-refractivity contribution in [2.75, 3.05) is 20.0 Å². The van der Waals surface area contributed by atoms with E-state index in [9.17, 15) is 8.42 Å². The molecule has 0 aliphatic rings. The highest BCUT2D eigenvalue weighted by Gasteiger charge is 2.17. The van der Waals surface area contributed by atoms with Gasteiger partial charge in [0.15, 0.2) is 9.84 Å². The van der Waals surface area contributed by atoms with Crippen LogP contribution in [0.1, 0.15) is 11.1 Å². The third-order valence-electron chi connectivity index (χ3n) is 4.49. The molecule has 5 heteroatoms. The summed E-state index contributed by atoms with van der Waals surface area (Å²) < 4.78 is 31.5. The number of nitrogens with zero attached hydrogens (tertiary/aromatic N) is 1. The van der Waals surface area contributed by atoms with Gasteiger partial charge in [0, 0.05) is 31.3 Å². The minimum Gasteiger partial charge on any atom is -0.384 e. The van der Waals surface area contributed by atoms with Crippen molar-refractivity contribution < 1.29 is 13.2 Å². The van der Waals surface area contributed by atoms with Crippen molar-refractivity contribution in [3.63, 3.8) is 0 Å². The summed E-state index contributed by atoms with van der Waals surface area (Å²) in [6, 6.07) is 15.4. The molecule has 0 spiro atoms. The Morgan fingerprint density at radius 1 is 1.04 bits per heavy atom. The van der Waals surface area contributed by atoms with Crippen molar-refractivity contribution in [2.45, 2.75) is 18.2 Å². The Morgan fingerprint density at radius 3 is 2.42 bits per heavy atom. The molecule has 0 amide bonds. The number of aryl methyl sites for hydroxylation is 1. The molecule has 0 atom stereocenters. The fourth-order valence-electron chi connectivity index (χ4n) is 3.13. The van der Waals surface area contributed by atoms with Crippen LogP contribution in [0, 0.1) is 6.92 Å². The van der Waals surface area contributed by atoms with E-state index < -0.39 is 9.84 Å². The molecule has 3 rings (SSSR count). The van der Waals surface area contributed by atoms with E-state index in [1.807, 2.05) is 43.6 Å². The van der Waals surface area contributed by atoms with Gasteiger partial charge in [0.1, 0.15) is 0 Å². The molecule has 0 aliphatic carbocycles. The first-order valence-corrected chi connectivity index (χ1v) is 10.4. The fraction of sp³-hybridized carbons (Fsp3) is 0.238. The predicted molar refractivity (Wildman–Crippen MR) is 105 cm³/mol. The van der Waals surface area contributed by atoms with Crippen molar-refractivity contribution in [2.24, 2.45) is 0 Å². The van der Waals surface area contributed by atoms with Crippen molar-refractivity contribution in [1.29, 1.82) is 0 Å². The first kappa shape index (κ1) is 18.4. The average molecular weight is 369 g/mol. The normalized spacial score (nSPS) is 11.7. The number of hydrogen-bond acceptors (Lipinski definition) is 3. The first-order chi connectivity index (χ1) is 12.4. The molecular formula is C21H23NO3S. The highest BCUT2D eigenvalue weighted by atomic mass is 32.2. The Balaban J connectivity index is 2.29. The summed E-state index contributed by atoms with van der Waals surface area (Å²) in [5.74, 6) is 0. The molecule has 136 valence electrons. The molecule has 0 saturated heterocycles. The number of hydrogen-bond donors (Lipinski definition) is 0. The van der Waals surface area contributed by atoms with Crippen LogP contribution in [0.4, 0.5) is 0 Å². The molecule has 0 radical (unpaired) electrons. The largest absolute Gasteiger partial charge is 0.384 e. The van der Waals surface area contributed by atoms with Gasteiger partial charge in [-0.05, 0) is 60.4 Å².